The normalized spacial score (nSPS) is 10.5. The van der Waals surface area contributed by atoms with Crippen molar-refractivity contribution in [2.24, 2.45) is 0 Å². The third-order valence-corrected chi connectivity index (χ3v) is 1.11. The van der Waals surface area contributed by atoms with Crippen LogP contribution >= 0.6 is 0 Å². The van der Waals surface area contributed by atoms with Gasteiger partial charge in [-0.1, -0.05) is 0 Å². The van der Waals surface area contributed by atoms with E-state index in [2.05, 4.69) is 39.9 Å². The van der Waals surface area contributed by atoms with Gasteiger partial charge in [-0.3, -0.25) is 0 Å². The van der Waals surface area contributed by atoms with Gasteiger partial charge in [-0.25, -0.2) is 0 Å². The predicted molar refractivity (Wildman–Crippen MR) is 66.6 cm³/mol. The molecule has 0 aliphatic heterocycles. The van der Waals surface area contributed by atoms with Crippen LogP contribution in [-0.4, -0.2) is 0 Å². The van der Waals surface area contributed by atoms with Crippen LogP contribution in [0.1, 0.15) is 0 Å². The molecule has 2 fully saturated rings. The van der Waals surface area contributed by atoms with Crippen molar-refractivity contribution < 1.29 is 70.0 Å². The van der Waals surface area contributed by atoms with Crippen LogP contribution in [0.5, 0.6) is 0 Å². The molecule has 0 aromatic carbocycles. The summed E-state index contributed by atoms with van der Waals surface area (Å²) in [5.74, 6) is 0. The summed E-state index contributed by atoms with van der Waals surface area (Å²) in [6.45, 7) is 27.0. The Kier molecular flexibility index (Phi) is 233. The first kappa shape index (κ1) is 49.6. The Morgan fingerprint density at radius 3 is 0.333 bits per heavy atom. The van der Waals surface area contributed by atoms with Crippen molar-refractivity contribution in [2.75, 3.05) is 0 Å². The van der Waals surface area contributed by atoms with E-state index in [9.17, 15) is 0 Å². The fourth-order valence-corrected chi connectivity index (χ4v) is 0.642. The molecule has 24 heavy (non-hydrogen) atoms. The summed E-state index contributed by atoms with van der Waals surface area (Å²) in [7, 11) is 0. The molecule has 0 heterocycles. The van der Waals surface area contributed by atoms with Crippen LogP contribution in [-0.2, 0) is 70.0 Å². The van der Waals surface area contributed by atoms with Crippen molar-refractivity contribution in [1.29, 1.82) is 0 Å². The Bertz CT molecular complexity index is 189. The summed E-state index contributed by atoms with van der Waals surface area (Å²) in [4.78, 5) is 0. The smallest absolute Gasteiger partial charge is 0 e. The number of rotatable bonds is 0. The van der Waals surface area contributed by atoms with Gasteiger partial charge in [0.25, 0.3) is 0 Å². The summed E-state index contributed by atoms with van der Waals surface area (Å²) in [5, 5.41) is 0. The first-order chi connectivity index (χ1) is 11.0. The SMILES string of the molecule is [C-]#[O+].[C-]#[O+].[C-]#[O+].[C-]#[O+].[C-]#[O+].[C-]#[O+].[CH]1[CH][CH][CH][CH]1.[CH]1[CH][CH][CH][CH]1.[W].[W]. The van der Waals surface area contributed by atoms with Gasteiger partial charge in [-0.15, -0.1) is 0 Å². The Labute approximate surface area is 173 Å². The summed E-state index contributed by atoms with van der Waals surface area (Å²) >= 11 is 0. The van der Waals surface area contributed by atoms with Crippen molar-refractivity contribution >= 4 is 0 Å². The van der Waals surface area contributed by atoms with Gasteiger partial charge in [0.15, 0.2) is 0 Å². The molecule has 0 aromatic heterocycles. The second-order valence-corrected chi connectivity index (χ2v) is 1.92. The van der Waals surface area contributed by atoms with Crippen molar-refractivity contribution in [1.82, 2.24) is 0 Å². The molecule has 2 rings (SSSR count). The van der Waals surface area contributed by atoms with Crippen molar-refractivity contribution in [3.8, 4) is 0 Å². The van der Waals surface area contributed by atoms with Gasteiger partial charge in [0.1, 0.15) is 0 Å². The first-order valence-electron chi connectivity index (χ1n) is 4.56. The maximum absolute atomic E-state index is 7.50. The second kappa shape index (κ2) is 113. The molecule has 0 aromatic rings. The molecule has 0 bridgehead atoms. The molecule has 2 saturated carbocycles. The van der Waals surface area contributed by atoms with E-state index < -0.39 is 0 Å². The molecule has 10 radical (unpaired) electrons. The van der Waals surface area contributed by atoms with Crippen LogP contribution < -0.4 is 0 Å². The maximum Gasteiger partial charge on any atom is 0 e. The van der Waals surface area contributed by atoms with Gasteiger partial charge in [0.05, 0.1) is 0 Å². The fourth-order valence-electron chi connectivity index (χ4n) is 0.642. The summed E-state index contributed by atoms with van der Waals surface area (Å²) in [5.41, 5.74) is 0. The fraction of sp³-hybridized carbons (Fsp3) is 0. The van der Waals surface area contributed by atoms with Crippen LogP contribution in [0.4, 0.5) is 0 Å². The molecule has 0 atom stereocenters. The monoisotopic (exact) mass is 666 g/mol. The topological polar surface area (TPSA) is 119 Å². The molecular weight excluding hydrogens is 656 g/mol. The summed E-state index contributed by atoms with van der Waals surface area (Å²) < 4.78 is 45.0. The van der Waals surface area contributed by atoms with E-state index in [4.69, 9.17) is 27.9 Å². The molecule has 122 valence electrons. The van der Waals surface area contributed by atoms with Gasteiger partial charge < -0.3 is 0 Å². The van der Waals surface area contributed by atoms with Crippen molar-refractivity contribution in [3.63, 3.8) is 0 Å². The third kappa shape index (κ3) is 98.1. The molecule has 0 unspecified atom stereocenters. The largest absolute Gasteiger partial charge is 0.0312 e. The van der Waals surface area contributed by atoms with Gasteiger partial charge in [-0.2, -0.15) is 0 Å². The molecule has 0 spiro atoms. The molecule has 0 N–H and O–H groups in total. The third-order valence-electron chi connectivity index (χ3n) is 1.11. The zero-order valence-corrected chi connectivity index (χ0v) is 17.9. The van der Waals surface area contributed by atoms with E-state index in [1.165, 1.54) is 0 Å². The minimum Gasteiger partial charge on any atom is -0.0312 e. The minimum atomic E-state index is 0. The Hall–Kier alpha value is -0.183. The zero-order valence-electron chi connectivity index (χ0n) is 12.0. The standard InChI is InChI=1S/2C5H5.6CO.2W/c2*1-2-4-5-3-1;6*1-2;;/h2*1-5H;;;;;;;;. The number of hydrogen-bond acceptors (Lipinski definition) is 0. The second-order valence-electron chi connectivity index (χ2n) is 1.92. The molecule has 2 aliphatic carbocycles. The predicted octanol–water partition coefficient (Wildman–Crippen LogP) is 1.81. The molecule has 8 heteroatoms. The molecule has 0 amide bonds. The van der Waals surface area contributed by atoms with Crippen molar-refractivity contribution in [2.45, 2.75) is 0 Å². The summed E-state index contributed by atoms with van der Waals surface area (Å²) in [6, 6.07) is 0. The van der Waals surface area contributed by atoms with E-state index in [0.717, 1.165) is 0 Å². The summed E-state index contributed by atoms with van der Waals surface area (Å²) in [6.07, 6.45) is 20.0. The van der Waals surface area contributed by atoms with Crippen LogP contribution in [0.3, 0.4) is 0 Å². The van der Waals surface area contributed by atoms with Crippen LogP contribution in [0.25, 0.3) is 0 Å². The van der Waals surface area contributed by atoms with Gasteiger partial charge >= 0.3 is 67.8 Å². The van der Waals surface area contributed by atoms with Gasteiger partial charge in [0.2, 0.25) is 0 Å². The Balaban J connectivity index is -0.0000000213. The average molecular weight is 666 g/mol. The van der Waals surface area contributed by atoms with Crippen LogP contribution in [0.2, 0.25) is 0 Å². The molecule has 2 aliphatic rings. The maximum atomic E-state index is 7.50. The Morgan fingerprint density at radius 1 is 0.250 bits per heavy atom. The first-order valence-corrected chi connectivity index (χ1v) is 4.56. The quantitative estimate of drug-likeness (QED) is 0.277. The van der Waals surface area contributed by atoms with Crippen LogP contribution in [0, 0.1) is 104 Å². The van der Waals surface area contributed by atoms with Crippen LogP contribution in [0.15, 0.2) is 0 Å². The average Bonchev–Trinajstić information content (AvgIpc) is 3.43. The molecule has 0 saturated heterocycles. The molecular formula is C16H10O6W2. The van der Waals surface area contributed by atoms with E-state index >= 15 is 0 Å². The van der Waals surface area contributed by atoms with E-state index in [1.807, 2.05) is 64.2 Å². The van der Waals surface area contributed by atoms with Gasteiger partial charge in [-0.05, 0) is 64.2 Å². The van der Waals surface area contributed by atoms with E-state index in [1.54, 1.807) is 0 Å². The zero-order chi connectivity index (χ0) is 19.1. The minimum absolute atomic E-state index is 0. The van der Waals surface area contributed by atoms with E-state index in [-0.39, 0.29) is 42.1 Å². The van der Waals surface area contributed by atoms with Gasteiger partial charge in [0, 0.05) is 42.1 Å². The van der Waals surface area contributed by atoms with E-state index in [0.29, 0.717) is 0 Å². The Morgan fingerprint density at radius 2 is 0.292 bits per heavy atom. The molecule has 6 nitrogen and oxygen atoms in total. The number of hydrogen-bond donors (Lipinski definition) is 0. The van der Waals surface area contributed by atoms with Crippen molar-refractivity contribution in [3.05, 3.63) is 104 Å².